The molecule has 1 amide bonds. The smallest absolute Gasteiger partial charge is 0.233 e. The minimum absolute atomic E-state index is 0.0408. The van der Waals surface area contributed by atoms with E-state index in [2.05, 4.69) is 21.3 Å². The van der Waals surface area contributed by atoms with E-state index < -0.39 is 0 Å². The second-order valence-corrected chi connectivity index (χ2v) is 11.6. The first-order chi connectivity index (χ1) is 20.1. The molecule has 1 heterocycles. The van der Waals surface area contributed by atoms with Gasteiger partial charge < -0.3 is 36.5 Å². The number of carbonyl (C=O) groups excluding carboxylic acids is 1. The first kappa shape index (κ1) is 29.5. The highest BCUT2D eigenvalue weighted by molar-refractivity contribution is 5.78. The molecule has 2 bridgehead atoms. The fourth-order valence-corrected chi connectivity index (χ4v) is 6.33. The highest BCUT2D eigenvalue weighted by Crippen LogP contribution is 2.45. The normalized spacial score (nSPS) is 22.0. The van der Waals surface area contributed by atoms with Gasteiger partial charge in [-0.1, -0.05) is 37.8 Å². The Labute approximate surface area is 243 Å². The molecule has 0 radical (unpaired) electrons. The Hall–Kier alpha value is -3.02. The SMILES string of the molecule is NCCOCCOCCNC(=O)Cc1ccc(Nc2nc(NC3CCCCC3)nc(NC3CC4CCC3C4)n2)cc1. The van der Waals surface area contributed by atoms with Crippen molar-refractivity contribution in [2.75, 3.05) is 55.5 Å². The Balaban J connectivity index is 1.13. The summed E-state index contributed by atoms with van der Waals surface area (Å²) in [6.07, 6.45) is 11.6. The van der Waals surface area contributed by atoms with E-state index >= 15 is 0 Å². The van der Waals surface area contributed by atoms with Gasteiger partial charge in [-0.25, -0.2) is 0 Å². The van der Waals surface area contributed by atoms with Crippen LogP contribution in [0, 0.1) is 11.8 Å². The number of benzene rings is 1. The minimum Gasteiger partial charge on any atom is -0.378 e. The fourth-order valence-electron chi connectivity index (χ4n) is 6.33. The van der Waals surface area contributed by atoms with E-state index in [9.17, 15) is 4.79 Å². The Morgan fingerprint density at radius 1 is 0.829 bits per heavy atom. The van der Waals surface area contributed by atoms with Gasteiger partial charge in [-0.2, -0.15) is 15.0 Å². The summed E-state index contributed by atoms with van der Waals surface area (Å²) in [5.41, 5.74) is 7.16. The van der Waals surface area contributed by atoms with Gasteiger partial charge in [0.05, 0.1) is 32.8 Å². The third-order valence-electron chi connectivity index (χ3n) is 8.40. The Morgan fingerprint density at radius 2 is 1.56 bits per heavy atom. The predicted octanol–water partition coefficient (Wildman–Crippen LogP) is 3.61. The van der Waals surface area contributed by atoms with Crippen molar-refractivity contribution in [1.29, 1.82) is 0 Å². The first-order valence-electron chi connectivity index (χ1n) is 15.4. The van der Waals surface area contributed by atoms with E-state index in [1.165, 1.54) is 44.9 Å². The zero-order valence-corrected chi connectivity index (χ0v) is 24.1. The number of amides is 1. The fraction of sp³-hybridized carbons (Fsp3) is 0.667. The van der Waals surface area contributed by atoms with Crippen LogP contribution >= 0.6 is 0 Å². The maximum absolute atomic E-state index is 12.3. The maximum atomic E-state index is 12.3. The van der Waals surface area contributed by atoms with Gasteiger partial charge in [0.25, 0.3) is 0 Å². The van der Waals surface area contributed by atoms with Gasteiger partial charge in [0, 0.05) is 30.9 Å². The van der Waals surface area contributed by atoms with E-state index in [0.29, 0.717) is 75.9 Å². The molecule has 41 heavy (non-hydrogen) atoms. The molecule has 5 rings (SSSR count). The summed E-state index contributed by atoms with van der Waals surface area (Å²) in [6.45, 7) is 2.94. The van der Waals surface area contributed by atoms with Gasteiger partial charge >= 0.3 is 0 Å². The van der Waals surface area contributed by atoms with E-state index in [0.717, 1.165) is 35.9 Å². The minimum atomic E-state index is -0.0408. The zero-order valence-electron chi connectivity index (χ0n) is 24.1. The maximum Gasteiger partial charge on any atom is 0.233 e. The molecule has 3 unspecified atom stereocenters. The Kier molecular flexibility index (Phi) is 11.0. The van der Waals surface area contributed by atoms with Crippen LogP contribution in [0.5, 0.6) is 0 Å². The topological polar surface area (TPSA) is 148 Å². The molecule has 0 saturated heterocycles. The number of fused-ring (bicyclic) bond motifs is 2. The molecule has 11 nitrogen and oxygen atoms in total. The van der Waals surface area contributed by atoms with Gasteiger partial charge in [0.15, 0.2) is 0 Å². The van der Waals surface area contributed by atoms with Crippen molar-refractivity contribution in [2.45, 2.75) is 76.3 Å². The van der Waals surface area contributed by atoms with Crippen LogP contribution < -0.4 is 27.0 Å². The molecule has 3 saturated carbocycles. The molecule has 6 N–H and O–H groups in total. The average Bonchev–Trinajstić information content (AvgIpc) is 3.60. The number of anilines is 4. The van der Waals surface area contributed by atoms with Crippen LogP contribution in [0.15, 0.2) is 24.3 Å². The molecule has 0 spiro atoms. The van der Waals surface area contributed by atoms with Crippen LogP contribution in [0.2, 0.25) is 0 Å². The lowest BCUT2D eigenvalue weighted by molar-refractivity contribution is -0.120. The molecule has 224 valence electrons. The van der Waals surface area contributed by atoms with Gasteiger partial charge in [-0.15, -0.1) is 0 Å². The third-order valence-corrected chi connectivity index (χ3v) is 8.40. The van der Waals surface area contributed by atoms with Gasteiger partial charge in [-0.3, -0.25) is 4.79 Å². The quantitative estimate of drug-likeness (QED) is 0.191. The number of nitrogens with zero attached hydrogens (tertiary/aromatic N) is 3. The number of carbonyl (C=O) groups is 1. The summed E-state index contributed by atoms with van der Waals surface area (Å²) in [4.78, 5) is 26.5. The van der Waals surface area contributed by atoms with Crippen molar-refractivity contribution in [1.82, 2.24) is 20.3 Å². The van der Waals surface area contributed by atoms with Gasteiger partial charge in [-0.05, 0) is 61.6 Å². The van der Waals surface area contributed by atoms with Crippen molar-refractivity contribution in [3.8, 4) is 0 Å². The molecule has 11 heteroatoms. The predicted molar refractivity (Wildman–Crippen MR) is 160 cm³/mol. The second-order valence-electron chi connectivity index (χ2n) is 11.6. The van der Waals surface area contributed by atoms with Gasteiger partial charge in [0.1, 0.15) is 0 Å². The van der Waals surface area contributed by atoms with Gasteiger partial charge in [0.2, 0.25) is 23.8 Å². The lowest BCUT2D eigenvalue weighted by Crippen LogP contribution is -2.29. The summed E-state index contributed by atoms with van der Waals surface area (Å²) in [6, 6.07) is 8.65. The number of hydrogen-bond donors (Lipinski definition) is 5. The summed E-state index contributed by atoms with van der Waals surface area (Å²) >= 11 is 0. The van der Waals surface area contributed by atoms with E-state index in [1.807, 2.05) is 24.3 Å². The summed E-state index contributed by atoms with van der Waals surface area (Å²) < 4.78 is 10.7. The summed E-state index contributed by atoms with van der Waals surface area (Å²) in [5.74, 6) is 3.31. The highest BCUT2D eigenvalue weighted by Gasteiger charge is 2.39. The van der Waals surface area contributed by atoms with Crippen molar-refractivity contribution in [3.05, 3.63) is 29.8 Å². The van der Waals surface area contributed by atoms with E-state index in [1.54, 1.807) is 0 Å². The number of rotatable bonds is 16. The van der Waals surface area contributed by atoms with Crippen LogP contribution in [-0.4, -0.2) is 72.5 Å². The van der Waals surface area contributed by atoms with Crippen LogP contribution in [0.4, 0.5) is 23.5 Å². The standard InChI is InChI=1S/C30H46N8O3/c31-12-14-40-16-17-41-15-13-32-27(39)20-21-7-10-25(11-8-21)34-29-36-28(33-24-4-2-1-3-5-24)37-30(38-29)35-26-19-22-6-9-23(26)18-22/h7-8,10-11,22-24,26H,1-6,9,12-20,31H2,(H,32,39)(H3,33,34,35,36,37,38). The van der Waals surface area contributed by atoms with Crippen molar-refractivity contribution >= 4 is 29.4 Å². The van der Waals surface area contributed by atoms with E-state index in [4.69, 9.17) is 30.2 Å². The molecule has 3 fully saturated rings. The lowest BCUT2D eigenvalue weighted by Gasteiger charge is -2.25. The van der Waals surface area contributed by atoms with Crippen LogP contribution in [-0.2, 0) is 20.7 Å². The number of hydrogen-bond acceptors (Lipinski definition) is 10. The van der Waals surface area contributed by atoms with E-state index in [-0.39, 0.29) is 5.91 Å². The molecule has 3 atom stereocenters. The molecular formula is C30H46N8O3. The van der Waals surface area contributed by atoms with Crippen molar-refractivity contribution in [3.63, 3.8) is 0 Å². The summed E-state index contributed by atoms with van der Waals surface area (Å²) in [5, 5.41) is 13.4. The molecule has 2 aromatic rings. The Morgan fingerprint density at radius 3 is 2.27 bits per heavy atom. The molecule has 1 aromatic heterocycles. The lowest BCUT2D eigenvalue weighted by atomic mass is 9.95. The number of aromatic nitrogens is 3. The number of nitrogens with two attached hydrogens (primary N) is 1. The second kappa shape index (κ2) is 15.3. The molecule has 3 aliphatic rings. The van der Waals surface area contributed by atoms with Crippen LogP contribution in [0.1, 0.15) is 63.4 Å². The number of nitrogens with one attached hydrogen (secondary N) is 4. The molecule has 1 aromatic carbocycles. The molecule has 0 aliphatic heterocycles. The van der Waals surface area contributed by atoms with Crippen LogP contribution in [0.25, 0.3) is 0 Å². The third kappa shape index (κ3) is 9.24. The highest BCUT2D eigenvalue weighted by atomic mass is 16.5. The first-order valence-corrected chi connectivity index (χ1v) is 15.4. The zero-order chi connectivity index (χ0) is 28.3. The van der Waals surface area contributed by atoms with Crippen molar-refractivity contribution < 1.29 is 14.3 Å². The van der Waals surface area contributed by atoms with Crippen LogP contribution in [0.3, 0.4) is 0 Å². The monoisotopic (exact) mass is 566 g/mol. The number of ether oxygens (including phenoxy) is 2. The average molecular weight is 567 g/mol. The summed E-state index contributed by atoms with van der Waals surface area (Å²) in [7, 11) is 0. The molecule has 3 aliphatic carbocycles. The largest absolute Gasteiger partial charge is 0.378 e. The molecular weight excluding hydrogens is 520 g/mol. The van der Waals surface area contributed by atoms with Crippen molar-refractivity contribution in [2.24, 2.45) is 17.6 Å². The Bertz CT molecular complexity index is 1100.